The molecule has 0 radical (unpaired) electrons. The highest BCUT2D eigenvalue weighted by Crippen LogP contribution is 2.46. The largest absolute Gasteiger partial charge is 0.385 e. The van der Waals surface area contributed by atoms with Gasteiger partial charge in [-0.2, -0.15) is 5.10 Å². The third-order valence-corrected chi connectivity index (χ3v) is 5.30. The molecule has 1 N–H and O–H groups in total. The first kappa shape index (κ1) is 15.3. The van der Waals surface area contributed by atoms with Gasteiger partial charge < -0.3 is 9.84 Å². The molecule has 0 bridgehead atoms. The molecule has 0 aromatic carbocycles. The molecule has 2 fully saturated rings. The first-order valence-corrected chi connectivity index (χ1v) is 8.29. The number of hydrogen-bond acceptors (Lipinski definition) is 4. The van der Waals surface area contributed by atoms with Crippen molar-refractivity contribution in [3.63, 3.8) is 0 Å². The predicted molar refractivity (Wildman–Crippen MR) is 81.5 cm³/mol. The van der Waals surface area contributed by atoms with E-state index in [4.69, 9.17) is 16.3 Å². The van der Waals surface area contributed by atoms with E-state index in [-0.39, 0.29) is 5.54 Å². The summed E-state index contributed by atoms with van der Waals surface area (Å²) >= 11 is 6.31. The molecule has 1 atom stereocenters. The van der Waals surface area contributed by atoms with Crippen LogP contribution in [0.4, 0.5) is 0 Å². The summed E-state index contributed by atoms with van der Waals surface area (Å²) in [6.07, 6.45) is 5.40. The number of aliphatic hydroxyl groups is 1. The Morgan fingerprint density at radius 3 is 2.67 bits per heavy atom. The van der Waals surface area contributed by atoms with Gasteiger partial charge in [-0.1, -0.05) is 24.4 Å². The summed E-state index contributed by atoms with van der Waals surface area (Å²) in [5.74, 6) is 0. The molecule has 0 amide bonds. The standard InChI is InChI=1S/C15H24ClN3O2/c1-2-19-13(12(16)11-17-19)14(20)15(5-3-4-6-15)18-7-9-21-10-8-18/h11,14,20H,2-10H2,1H3. The van der Waals surface area contributed by atoms with Crippen LogP contribution in [0.2, 0.25) is 5.02 Å². The van der Waals surface area contributed by atoms with E-state index in [0.29, 0.717) is 5.02 Å². The molecule has 1 aliphatic heterocycles. The second kappa shape index (κ2) is 6.24. The topological polar surface area (TPSA) is 50.5 Å². The van der Waals surface area contributed by atoms with Gasteiger partial charge in [-0.05, 0) is 19.8 Å². The minimum atomic E-state index is -0.590. The van der Waals surface area contributed by atoms with Gasteiger partial charge in [-0.3, -0.25) is 9.58 Å². The molecule has 118 valence electrons. The molecule has 1 aromatic heterocycles. The number of rotatable bonds is 4. The molecule has 21 heavy (non-hydrogen) atoms. The number of hydrogen-bond donors (Lipinski definition) is 1. The van der Waals surface area contributed by atoms with Gasteiger partial charge in [0.1, 0.15) is 6.10 Å². The lowest BCUT2D eigenvalue weighted by Crippen LogP contribution is -2.55. The van der Waals surface area contributed by atoms with Crippen molar-refractivity contribution in [3.8, 4) is 0 Å². The van der Waals surface area contributed by atoms with Crippen LogP contribution in [-0.4, -0.2) is 51.6 Å². The predicted octanol–water partition coefficient (Wildman–Crippen LogP) is 2.23. The van der Waals surface area contributed by atoms with Crippen molar-refractivity contribution in [3.05, 3.63) is 16.9 Å². The fraction of sp³-hybridized carbons (Fsp3) is 0.800. The summed E-state index contributed by atoms with van der Waals surface area (Å²) in [5, 5.41) is 16.0. The minimum absolute atomic E-state index is 0.208. The highest BCUT2D eigenvalue weighted by atomic mass is 35.5. The van der Waals surface area contributed by atoms with Crippen LogP contribution in [0, 0.1) is 0 Å². The fourth-order valence-electron chi connectivity index (χ4n) is 3.91. The van der Waals surface area contributed by atoms with Gasteiger partial charge in [-0.15, -0.1) is 0 Å². The maximum atomic E-state index is 11.2. The van der Waals surface area contributed by atoms with Gasteiger partial charge in [0.2, 0.25) is 0 Å². The quantitative estimate of drug-likeness (QED) is 0.926. The Balaban J connectivity index is 1.94. The Morgan fingerprint density at radius 2 is 2.05 bits per heavy atom. The van der Waals surface area contributed by atoms with E-state index in [2.05, 4.69) is 10.00 Å². The van der Waals surface area contributed by atoms with E-state index in [0.717, 1.165) is 64.2 Å². The second-order valence-corrected chi connectivity index (χ2v) is 6.41. The van der Waals surface area contributed by atoms with Crippen LogP contribution in [0.3, 0.4) is 0 Å². The number of nitrogens with zero attached hydrogens (tertiary/aromatic N) is 3. The average molecular weight is 314 g/mol. The second-order valence-electron chi connectivity index (χ2n) is 6.01. The van der Waals surface area contributed by atoms with Gasteiger partial charge >= 0.3 is 0 Å². The number of morpholine rings is 1. The molecule has 1 saturated carbocycles. The third-order valence-electron chi connectivity index (χ3n) is 5.01. The number of aromatic nitrogens is 2. The molecular formula is C15H24ClN3O2. The third kappa shape index (κ3) is 2.61. The Labute approximate surface area is 130 Å². The van der Waals surface area contributed by atoms with Crippen LogP contribution in [-0.2, 0) is 11.3 Å². The molecule has 5 nitrogen and oxygen atoms in total. The van der Waals surface area contributed by atoms with Crippen molar-refractivity contribution in [2.75, 3.05) is 26.3 Å². The first-order chi connectivity index (χ1) is 10.2. The van der Waals surface area contributed by atoms with Crippen LogP contribution in [0.1, 0.15) is 44.4 Å². The van der Waals surface area contributed by atoms with E-state index < -0.39 is 6.10 Å². The fourth-order valence-corrected chi connectivity index (χ4v) is 4.15. The summed E-state index contributed by atoms with van der Waals surface area (Å²) in [6, 6.07) is 0. The van der Waals surface area contributed by atoms with Gasteiger partial charge in [0, 0.05) is 19.6 Å². The number of aliphatic hydroxyl groups excluding tert-OH is 1. The Bertz CT molecular complexity index is 479. The van der Waals surface area contributed by atoms with Gasteiger partial charge in [0.15, 0.2) is 0 Å². The molecule has 1 aliphatic carbocycles. The molecule has 1 unspecified atom stereocenters. The van der Waals surface area contributed by atoms with Crippen molar-refractivity contribution < 1.29 is 9.84 Å². The number of aryl methyl sites for hydroxylation is 1. The lowest BCUT2D eigenvalue weighted by atomic mass is 9.85. The maximum Gasteiger partial charge on any atom is 0.115 e. The van der Waals surface area contributed by atoms with E-state index >= 15 is 0 Å². The number of ether oxygens (including phenoxy) is 1. The molecule has 0 spiro atoms. The Hall–Kier alpha value is -0.620. The highest BCUT2D eigenvalue weighted by Gasteiger charge is 2.48. The van der Waals surface area contributed by atoms with Gasteiger partial charge in [-0.25, -0.2) is 0 Å². The summed E-state index contributed by atoms with van der Waals surface area (Å²) in [4.78, 5) is 2.41. The summed E-state index contributed by atoms with van der Waals surface area (Å²) in [7, 11) is 0. The average Bonchev–Trinajstić information content (AvgIpc) is 3.15. The van der Waals surface area contributed by atoms with Crippen molar-refractivity contribution in [1.29, 1.82) is 0 Å². The zero-order chi connectivity index (χ0) is 14.9. The Morgan fingerprint density at radius 1 is 1.38 bits per heavy atom. The van der Waals surface area contributed by atoms with Crippen LogP contribution in [0.15, 0.2) is 6.20 Å². The lowest BCUT2D eigenvalue weighted by Gasteiger charge is -2.46. The monoisotopic (exact) mass is 313 g/mol. The van der Waals surface area contributed by atoms with Crippen molar-refractivity contribution in [1.82, 2.24) is 14.7 Å². The van der Waals surface area contributed by atoms with Gasteiger partial charge in [0.25, 0.3) is 0 Å². The van der Waals surface area contributed by atoms with Crippen LogP contribution in [0.5, 0.6) is 0 Å². The van der Waals surface area contributed by atoms with Crippen molar-refractivity contribution >= 4 is 11.6 Å². The molecular weight excluding hydrogens is 290 g/mol. The van der Waals surface area contributed by atoms with Crippen molar-refractivity contribution in [2.24, 2.45) is 0 Å². The molecule has 2 aliphatic rings. The minimum Gasteiger partial charge on any atom is -0.385 e. The SMILES string of the molecule is CCn1ncc(Cl)c1C(O)C1(N2CCOCC2)CCCC1. The molecule has 1 saturated heterocycles. The van der Waals surface area contributed by atoms with E-state index in [1.165, 1.54) is 0 Å². The molecule has 2 heterocycles. The van der Waals surface area contributed by atoms with E-state index in [1.54, 1.807) is 6.20 Å². The van der Waals surface area contributed by atoms with Crippen molar-refractivity contribution in [2.45, 2.75) is 50.8 Å². The smallest absolute Gasteiger partial charge is 0.115 e. The van der Waals surface area contributed by atoms with Gasteiger partial charge in [0.05, 0.1) is 35.7 Å². The van der Waals surface area contributed by atoms with Crippen LogP contribution in [0.25, 0.3) is 0 Å². The normalized spacial score (nSPS) is 24.3. The van der Waals surface area contributed by atoms with E-state index in [9.17, 15) is 5.11 Å². The maximum absolute atomic E-state index is 11.2. The molecule has 3 rings (SSSR count). The first-order valence-electron chi connectivity index (χ1n) is 7.91. The zero-order valence-corrected chi connectivity index (χ0v) is 13.3. The number of halogens is 1. The lowest BCUT2D eigenvalue weighted by molar-refractivity contribution is -0.0798. The summed E-state index contributed by atoms with van der Waals surface area (Å²) < 4.78 is 7.30. The van der Waals surface area contributed by atoms with E-state index in [1.807, 2.05) is 11.6 Å². The highest BCUT2D eigenvalue weighted by molar-refractivity contribution is 6.31. The summed E-state index contributed by atoms with van der Waals surface area (Å²) in [6.45, 7) is 6.00. The zero-order valence-electron chi connectivity index (χ0n) is 12.6. The summed E-state index contributed by atoms with van der Waals surface area (Å²) in [5.41, 5.74) is 0.563. The molecule has 6 heteroatoms. The molecule has 1 aromatic rings. The Kier molecular flexibility index (Phi) is 4.54. The van der Waals surface area contributed by atoms with Crippen LogP contribution >= 0.6 is 11.6 Å². The van der Waals surface area contributed by atoms with Crippen LogP contribution < -0.4 is 0 Å².